The maximum Gasteiger partial charge on any atom is 0.416 e. The predicted molar refractivity (Wildman–Crippen MR) is 51.7 cm³/mol. The third-order valence-corrected chi connectivity index (χ3v) is 2.49. The maximum absolute atomic E-state index is 12.6. The number of hydrogen-bond donors (Lipinski definition) is 1. The van der Waals surface area contributed by atoms with Crippen molar-refractivity contribution in [1.29, 1.82) is 0 Å². The minimum atomic E-state index is -4.79. The van der Waals surface area contributed by atoms with Crippen LogP contribution in [0.1, 0.15) is 29.2 Å². The highest BCUT2D eigenvalue weighted by Gasteiger charge is 2.38. The number of hydrogen-bond acceptors (Lipinski definition) is 1. The molecule has 1 nitrogen and oxygen atoms in total. The summed E-state index contributed by atoms with van der Waals surface area (Å²) in [5.74, 6) is 0. The van der Waals surface area contributed by atoms with Crippen molar-refractivity contribution < 1.29 is 31.4 Å². The maximum atomic E-state index is 12.6. The van der Waals surface area contributed by atoms with Crippen molar-refractivity contribution >= 4 is 0 Å². The molecule has 0 spiro atoms. The third kappa shape index (κ3) is 2.95. The SMILES string of the molecule is CCc1cc(C(F)(F)F)c(CO)cc1C(F)(F)F. The monoisotopic (exact) mass is 272 g/mol. The van der Waals surface area contributed by atoms with Gasteiger partial charge in [-0.2, -0.15) is 26.3 Å². The lowest BCUT2D eigenvalue weighted by Crippen LogP contribution is -2.15. The first-order valence-corrected chi connectivity index (χ1v) is 5.02. The van der Waals surface area contributed by atoms with E-state index in [-0.39, 0.29) is 6.42 Å². The van der Waals surface area contributed by atoms with E-state index in [4.69, 9.17) is 5.11 Å². The molecule has 1 N–H and O–H groups in total. The Labute approximate surface area is 99.0 Å². The van der Waals surface area contributed by atoms with E-state index in [9.17, 15) is 26.3 Å². The zero-order chi connectivity index (χ0) is 14.1. The zero-order valence-corrected chi connectivity index (χ0v) is 9.28. The summed E-state index contributed by atoms with van der Waals surface area (Å²) in [6.45, 7) is 0.241. The normalized spacial score (nSPS) is 12.9. The van der Waals surface area contributed by atoms with Gasteiger partial charge in [-0.05, 0) is 29.7 Å². The van der Waals surface area contributed by atoms with Crippen molar-refractivity contribution in [3.63, 3.8) is 0 Å². The van der Waals surface area contributed by atoms with Crippen LogP contribution in [0.25, 0.3) is 0 Å². The van der Waals surface area contributed by atoms with Gasteiger partial charge in [-0.3, -0.25) is 0 Å². The van der Waals surface area contributed by atoms with Crippen LogP contribution in [-0.2, 0) is 25.4 Å². The van der Waals surface area contributed by atoms with Crippen LogP contribution in [0.4, 0.5) is 26.3 Å². The molecule has 0 bridgehead atoms. The fourth-order valence-corrected chi connectivity index (χ4v) is 1.64. The van der Waals surface area contributed by atoms with Gasteiger partial charge in [0.2, 0.25) is 0 Å². The van der Waals surface area contributed by atoms with Crippen LogP contribution in [0.2, 0.25) is 0 Å². The molecule has 0 heterocycles. The average Bonchev–Trinajstić information content (AvgIpc) is 2.24. The largest absolute Gasteiger partial charge is 0.416 e. The van der Waals surface area contributed by atoms with Gasteiger partial charge in [0.1, 0.15) is 0 Å². The second-order valence-corrected chi connectivity index (χ2v) is 3.67. The molecular weight excluding hydrogens is 262 g/mol. The summed E-state index contributed by atoms with van der Waals surface area (Å²) in [7, 11) is 0. The molecule has 0 radical (unpaired) electrons. The van der Waals surface area contributed by atoms with Crippen LogP contribution >= 0.6 is 0 Å². The standard InChI is InChI=1S/C11H10F6O/c1-2-6-3-9(11(15,16)17)7(5-18)4-8(6)10(12,13)14/h3-4,18H,2,5H2,1H3. The second-order valence-electron chi connectivity index (χ2n) is 3.67. The van der Waals surface area contributed by atoms with Gasteiger partial charge >= 0.3 is 12.4 Å². The molecule has 0 saturated carbocycles. The van der Waals surface area contributed by atoms with Gasteiger partial charge < -0.3 is 5.11 Å². The first-order chi connectivity index (χ1) is 8.11. The van der Waals surface area contributed by atoms with Gasteiger partial charge in [0.15, 0.2) is 0 Å². The van der Waals surface area contributed by atoms with E-state index in [2.05, 4.69) is 0 Å². The van der Waals surface area contributed by atoms with E-state index >= 15 is 0 Å². The molecule has 0 unspecified atom stereocenters. The third-order valence-electron chi connectivity index (χ3n) is 2.49. The number of halogens is 6. The lowest BCUT2D eigenvalue weighted by Gasteiger charge is -2.18. The number of rotatable bonds is 2. The Morgan fingerprint density at radius 2 is 1.28 bits per heavy atom. The van der Waals surface area contributed by atoms with Crippen LogP contribution in [0.15, 0.2) is 12.1 Å². The van der Waals surface area contributed by atoms with Gasteiger partial charge in [0.25, 0.3) is 0 Å². The zero-order valence-electron chi connectivity index (χ0n) is 9.28. The van der Waals surface area contributed by atoms with Crippen molar-refractivity contribution in [3.05, 3.63) is 34.4 Å². The van der Waals surface area contributed by atoms with Gasteiger partial charge in [0, 0.05) is 0 Å². The molecule has 0 aliphatic rings. The van der Waals surface area contributed by atoms with E-state index in [0.717, 1.165) is 0 Å². The fraction of sp³-hybridized carbons (Fsp3) is 0.455. The van der Waals surface area contributed by atoms with Crippen LogP contribution in [0.5, 0.6) is 0 Å². The number of aliphatic hydroxyl groups is 1. The Morgan fingerprint density at radius 3 is 1.61 bits per heavy atom. The van der Waals surface area contributed by atoms with Gasteiger partial charge in [-0.15, -0.1) is 0 Å². The summed E-state index contributed by atoms with van der Waals surface area (Å²) in [5.41, 5.74) is -3.57. The number of aliphatic hydroxyl groups excluding tert-OH is 1. The number of alkyl halides is 6. The fourth-order valence-electron chi connectivity index (χ4n) is 1.64. The smallest absolute Gasteiger partial charge is 0.392 e. The van der Waals surface area contributed by atoms with E-state index < -0.39 is 41.2 Å². The average molecular weight is 272 g/mol. The van der Waals surface area contributed by atoms with Crippen LogP contribution in [-0.4, -0.2) is 5.11 Å². The Balaban J connectivity index is 3.52. The highest BCUT2D eigenvalue weighted by atomic mass is 19.4. The summed E-state index contributed by atoms with van der Waals surface area (Å²) in [6.07, 6.45) is -9.70. The highest BCUT2D eigenvalue weighted by molar-refractivity contribution is 5.41. The molecule has 102 valence electrons. The van der Waals surface area contributed by atoms with Crippen molar-refractivity contribution in [2.75, 3.05) is 0 Å². The molecule has 0 aliphatic carbocycles. The van der Waals surface area contributed by atoms with Crippen LogP contribution in [0, 0.1) is 0 Å². The molecular formula is C11H10F6O. The Morgan fingerprint density at radius 1 is 0.889 bits per heavy atom. The molecule has 1 rings (SSSR count). The quantitative estimate of drug-likeness (QED) is 0.812. The summed E-state index contributed by atoms with van der Waals surface area (Å²) in [5, 5.41) is 8.77. The van der Waals surface area contributed by atoms with Gasteiger partial charge in [0.05, 0.1) is 17.7 Å². The van der Waals surface area contributed by atoms with Gasteiger partial charge in [-0.1, -0.05) is 6.92 Å². The molecule has 0 saturated heterocycles. The molecule has 0 atom stereocenters. The number of benzene rings is 1. The van der Waals surface area contributed by atoms with Gasteiger partial charge in [-0.25, -0.2) is 0 Å². The van der Waals surface area contributed by atoms with E-state index in [1.807, 2.05) is 0 Å². The first kappa shape index (κ1) is 14.8. The van der Waals surface area contributed by atoms with Crippen LogP contribution < -0.4 is 0 Å². The Hall–Kier alpha value is -1.24. The van der Waals surface area contributed by atoms with Crippen molar-refractivity contribution in [2.24, 2.45) is 0 Å². The first-order valence-electron chi connectivity index (χ1n) is 5.02. The summed E-state index contributed by atoms with van der Waals surface area (Å²) < 4.78 is 75.6. The summed E-state index contributed by atoms with van der Waals surface area (Å²) >= 11 is 0. The van der Waals surface area contributed by atoms with E-state index in [1.165, 1.54) is 6.92 Å². The highest BCUT2D eigenvalue weighted by Crippen LogP contribution is 2.39. The summed E-state index contributed by atoms with van der Waals surface area (Å²) in [6, 6.07) is 0.816. The topological polar surface area (TPSA) is 20.2 Å². The molecule has 18 heavy (non-hydrogen) atoms. The van der Waals surface area contributed by atoms with Crippen LogP contribution in [0.3, 0.4) is 0 Å². The summed E-state index contributed by atoms with van der Waals surface area (Å²) in [4.78, 5) is 0. The van der Waals surface area contributed by atoms with Crippen molar-refractivity contribution in [1.82, 2.24) is 0 Å². The molecule has 0 aliphatic heterocycles. The molecule has 0 fully saturated rings. The lowest BCUT2D eigenvalue weighted by molar-refractivity contribution is -0.142. The Kier molecular flexibility index (Phi) is 3.95. The minimum Gasteiger partial charge on any atom is -0.392 e. The number of aryl methyl sites for hydroxylation is 1. The predicted octanol–water partition coefficient (Wildman–Crippen LogP) is 3.78. The van der Waals surface area contributed by atoms with E-state index in [1.54, 1.807) is 0 Å². The molecule has 7 heteroatoms. The lowest BCUT2D eigenvalue weighted by atomic mass is 9.96. The second kappa shape index (κ2) is 4.79. The molecule has 0 aromatic heterocycles. The molecule has 1 aromatic carbocycles. The van der Waals surface area contributed by atoms with Crippen molar-refractivity contribution in [2.45, 2.75) is 32.3 Å². The molecule has 1 aromatic rings. The van der Waals surface area contributed by atoms with E-state index in [0.29, 0.717) is 12.1 Å². The Bertz CT molecular complexity index is 391. The minimum absolute atomic E-state index is 0.177. The van der Waals surface area contributed by atoms with Crippen molar-refractivity contribution in [3.8, 4) is 0 Å². The molecule has 0 amide bonds.